The van der Waals surface area contributed by atoms with E-state index in [1.54, 1.807) is 0 Å². The maximum absolute atomic E-state index is 3.74. The van der Waals surface area contributed by atoms with Gasteiger partial charge in [-0.2, -0.15) is 0 Å². The van der Waals surface area contributed by atoms with Crippen LogP contribution in [-0.2, 0) is 0 Å². The van der Waals surface area contributed by atoms with Crippen LogP contribution in [0, 0.1) is 0 Å². The number of nitrogens with one attached hydrogen (secondary N) is 1. The summed E-state index contributed by atoms with van der Waals surface area (Å²) in [6.07, 6.45) is 2.46. The van der Waals surface area contributed by atoms with Gasteiger partial charge in [0.1, 0.15) is 0 Å². The molecule has 1 aliphatic heterocycles. The van der Waals surface area contributed by atoms with E-state index < -0.39 is 0 Å². The fourth-order valence-corrected chi connectivity index (χ4v) is 0.655. The highest BCUT2D eigenvalue weighted by Crippen LogP contribution is 2.03. The molecule has 0 amide bonds. The van der Waals surface area contributed by atoms with E-state index in [2.05, 4.69) is 11.9 Å². The first-order valence-corrected chi connectivity index (χ1v) is 2.31. The van der Waals surface area contributed by atoms with Crippen molar-refractivity contribution in [2.24, 2.45) is 0 Å². The van der Waals surface area contributed by atoms with Crippen LogP contribution in [0.2, 0.25) is 0 Å². The van der Waals surface area contributed by atoms with Crippen molar-refractivity contribution in [1.29, 1.82) is 0 Å². The van der Waals surface area contributed by atoms with E-state index in [4.69, 9.17) is 0 Å². The summed E-state index contributed by atoms with van der Waals surface area (Å²) >= 11 is 0. The summed E-state index contributed by atoms with van der Waals surface area (Å²) in [5.41, 5.74) is 1.20. The zero-order valence-corrected chi connectivity index (χ0v) is 5.05. The molecule has 0 aromatic heterocycles. The summed E-state index contributed by atoms with van der Waals surface area (Å²) in [7, 11) is 0. The lowest BCUT2D eigenvalue weighted by atomic mass is 10.3. The summed E-state index contributed by atoms with van der Waals surface area (Å²) < 4.78 is 0. The standard InChI is InChI=1S/C5H9N.ClH/c1-5-3-2-4-6-5;/h6H,1-4H2;1H. The van der Waals surface area contributed by atoms with Crippen LogP contribution < -0.4 is 5.32 Å². The molecule has 0 aromatic rings. The molecule has 7 heavy (non-hydrogen) atoms. The fourth-order valence-electron chi connectivity index (χ4n) is 0.655. The molecule has 1 saturated heterocycles. The summed E-state index contributed by atoms with van der Waals surface area (Å²) in [5.74, 6) is 0. The first kappa shape index (κ1) is 6.83. The molecule has 42 valence electrons. The number of rotatable bonds is 0. The number of halogens is 1. The van der Waals surface area contributed by atoms with Crippen LogP contribution in [0.15, 0.2) is 12.3 Å². The molecular formula is C5H10ClN. The van der Waals surface area contributed by atoms with E-state index >= 15 is 0 Å². The summed E-state index contributed by atoms with van der Waals surface area (Å²) in [4.78, 5) is 0. The van der Waals surface area contributed by atoms with Gasteiger partial charge in [0.15, 0.2) is 0 Å². The Labute approximate surface area is 50.2 Å². The van der Waals surface area contributed by atoms with Gasteiger partial charge in [-0.1, -0.05) is 6.58 Å². The predicted octanol–water partition coefficient (Wildman–Crippen LogP) is 1.31. The average molecular weight is 120 g/mol. The Balaban J connectivity index is 0.000000360. The van der Waals surface area contributed by atoms with Crippen LogP contribution in [-0.4, -0.2) is 6.54 Å². The van der Waals surface area contributed by atoms with Crippen molar-refractivity contribution in [3.8, 4) is 0 Å². The maximum Gasteiger partial charge on any atom is 0.0147 e. The summed E-state index contributed by atoms with van der Waals surface area (Å²) in [5, 5.41) is 3.12. The van der Waals surface area contributed by atoms with Crippen LogP contribution in [0.25, 0.3) is 0 Å². The summed E-state index contributed by atoms with van der Waals surface area (Å²) in [6, 6.07) is 0. The highest BCUT2D eigenvalue weighted by Gasteiger charge is 1.98. The molecule has 2 heteroatoms. The van der Waals surface area contributed by atoms with Gasteiger partial charge < -0.3 is 5.32 Å². The molecule has 0 bridgehead atoms. The molecule has 0 radical (unpaired) electrons. The van der Waals surface area contributed by atoms with Gasteiger partial charge in [-0.3, -0.25) is 0 Å². The van der Waals surface area contributed by atoms with Crippen molar-refractivity contribution in [2.45, 2.75) is 12.8 Å². The molecule has 0 spiro atoms. The quantitative estimate of drug-likeness (QED) is 0.507. The van der Waals surface area contributed by atoms with E-state index in [1.807, 2.05) is 0 Å². The molecule has 1 nitrogen and oxygen atoms in total. The second kappa shape index (κ2) is 2.92. The van der Waals surface area contributed by atoms with Crippen LogP contribution in [0.5, 0.6) is 0 Å². The molecule has 1 N–H and O–H groups in total. The van der Waals surface area contributed by atoms with Crippen LogP contribution in [0.1, 0.15) is 12.8 Å². The minimum Gasteiger partial charge on any atom is -0.389 e. The Morgan fingerprint density at radius 1 is 1.57 bits per heavy atom. The van der Waals surface area contributed by atoms with Crippen molar-refractivity contribution < 1.29 is 0 Å². The highest BCUT2D eigenvalue weighted by molar-refractivity contribution is 5.85. The number of hydrogen-bond donors (Lipinski definition) is 1. The van der Waals surface area contributed by atoms with E-state index in [9.17, 15) is 0 Å². The van der Waals surface area contributed by atoms with Crippen molar-refractivity contribution >= 4 is 12.4 Å². The Morgan fingerprint density at radius 3 is 2.43 bits per heavy atom. The van der Waals surface area contributed by atoms with Gasteiger partial charge in [-0.15, -0.1) is 12.4 Å². The highest BCUT2D eigenvalue weighted by atomic mass is 35.5. The molecule has 0 aliphatic carbocycles. The lowest BCUT2D eigenvalue weighted by Crippen LogP contribution is -2.00. The normalized spacial score (nSPS) is 18.0. The van der Waals surface area contributed by atoms with Gasteiger partial charge in [0.25, 0.3) is 0 Å². The second-order valence-corrected chi connectivity index (χ2v) is 1.63. The molecule has 0 atom stereocenters. The van der Waals surface area contributed by atoms with Crippen LogP contribution in [0.4, 0.5) is 0 Å². The fraction of sp³-hybridized carbons (Fsp3) is 0.600. The topological polar surface area (TPSA) is 12.0 Å². The second-order valence-electron chi connectivity index (χ2n) is 1.63. The van der Waals surface area contributed by atoms with Gasteiger partial charge in [0.05, 0.1) is 0 Å². The van der Waals surface area contributed by atoms with Crippen molar-refractivity contribution in [1.82, 2.24) is 5.32 Å². The van der Waals surface area contributed by atoms with Gasteiger partial charge in [-0.25, -0.2) is 0 Å². The molecule has 0 aromatic carbocycles. The Morgan fingerprint density at radius 2 is 2.29 bits per heavy atom. The predicted molar refractivity (Wildman–Crippen MR) is 33.6 cm³/mol. The average Bonchev–Trinajstić information content (AvgIpc) is 1.86. The third-order valence-electron chi connectivity index (χ3n) is 1.03. The lowest BCUT2D eigenvalue weighted by molar-refractivity contribution is 0.904. The molecule has 0 saturated carbocycles. The first-order chi connectivity index (χ1) is 2.89. The molecule has 1 rings (SSSR count). The van der Waals surface area contributed by atoms with E-state index in [-0.39, 0.29) is 12.4 Å². The zero-order chi connectivity index (χ0) is 4.41. The van der Waals surface area contributed by atoms with Crippen molar-refractivity contribution in [2.75, 3.05) is 6.54 Å². The first-order valence-electron chi connectivity index (χ1n) is 2.31. The van der Waals surface area contributed by atoms with Crippen LogP contribution >= 0.6 is 12.4 Å². The molecule has 0 unspecified atom stereocenters. The Kier molecular flexibility index (Phi) is 2.84. The van der Waals surface area contributed by atoms with Gasteiger partial charge in [0.2, 0.25) is 0 Å². The molecule has 1 aliphatic rings. The zero-order valence-electron chi connectivity index (χ0n) is 4.24. The van der Waals surface area contributed by atoms with E-state index in [1.165, 1.54) is 18.5 Å². The maximum atomic E-state index is 3.74. The number of hydrogen-bond acceptors (Lipinski definition) is 1. The lowest BCUT2D eigenvalue weighted by Gasteiger charge is -1.87. The molecule has 1 fully saturated rings. The SMILES string of the molecule is C=C1CCCN1.Cl. The van der Waals surface area contributed by atoms with E-state index in [0.29, 0.717) is 0 Å². The molecule has 1 heterocycles. The smallest absolute Gasteiger partial charge is 0.0147 e. The Hall–Kier alpha value is -0.170. The van der Waals surface area contributed by atoms with Gasteiger partial charge in [0, 0.05) is 12.2 Å². The van der Waals surface area contributed by atoms with Gasteiger partial charge in [-0.05, 0) is 12.8 Å². The van der Waals surface area contributed by atoms with Gasteiger partial charge >= 0.3 is 0 Å². The number of allylic oxidation sites excluding steroid dienone is 1. The van der Waals surface area contributed by atoms with Crippen molar-refractivity contribution in [3.05, 3.63) is 12.3 Å². The van der Waals surface area contributed by atoms with E-state index in [0.717, 1.165) is 6.54 Å². The summed E-state index contributed by atoms with van der Waals surface area (Å²) in [6.45, 7) is 4.88. The van der Waals surface area contributed by atoms with Crippen LogP contribution in [0.3, 0.4) is 0 Å². The Bertz CT molecular complexity index is 62.5. The molecular weight excluding hydrogens is 110 g/mol. The third-order valence-corrected chi connectivity index (χ3v) is 1.03. The monoisotopic (exact) mass is 119 g/mol. The third kappa shape index (κ3) is 1.83. The minimum atomic E-state index is 0. The minimum absolute atomic E-state index is 0. The largest absolute Gasteiger partial charge is 0.389 e. The van der Waals surface area contributed by atoms with Crippen molar-refractivity contribution in [3.63, 3.8) is 0 Å².